The Morgan fingerprint density at radius 1 is 1.00 bits per heavy atom. The van der Waals surface area contributed by atoms with Crippen LogP contribution in [-0.4, -0.2) is 10.9 Å². The highest BCUT2D eigenvalue weighted by molar-refractivity contribution is 7.16. The van der Waals surface area contributed by atoms with E-state index in [2.05, 4.69) is 35.4 Å². The van der Waals surface area contributed by atoms with Gasteiger partial charge in [-0.05, 0) is 72.3 Å². The van der Waals surface area contributed by atoms with Crippen LogP contribution in [-0.2, 0) is 6.18 Å². The first kappa shape index (κ1) is 24.5. The van der Waals surface area contributed by atoms with E-state index >= 15 is 0 Å². The van der Waals surface area contributed by atoms with E-state index in [-0.39, 0.29) is 5.69 Å². The van der Waals surface area contributed by atoms with Crippen molar-refractivity contribution < 1.29 is 18.0 Å². The third-order valence-corrected chi connectivity index (χ3v) is 6.71. The van der Waals surface area contributed by atoms with Gasteiger partial charge >= 0.3 is 6.18 Å². The summed E-state index contributed by atoms with van der Waals surface area (Å²) in [7, 11) is 0. The summed E-state index contributed by atoms with van der Waals surface area (Å²) in [6.45, 7) is 4.07. The maximum atomic E-state index is 13.0. The number of thiophene rings is 1. The Kier molecular flexibility index (Phi) is 6.67. The molecule has 0 aliphatic heterocycles. The summed E-state index contributed by atoms with van der Waals surface area (Å²) in [4.78, 5) is 18.5. The van der Waals surface area contributed by atoms with E-state index in [1.807, 2.05) is 23.6 Å². The lowest BCUT2D eigenvalue weighted by molar-refractivity contribution is -0.137. The molecule has 186 valence electrons. The first-order valence-electron chi connectivity index (χ1n) is 11.5. The number of carbonyl (C=O) groups is 1. The second-order valence-corrected chi connectivity index (χ2v) is 9.55. The summed E-state index contributed by atoms with van der Waals surface area (Å²) in [5, 5.41) is 8.88. The van der Waals surface area contributed by atoms with Crippen LogP contribution in [0.2, 0.25) is 0 Å². The van der Waals surface area contributed by atoms with E-state index in [4.69, 9.17) is 4.98 Å². The molecule has 0 atom stereocenters. The normalized spacial score (nSPS) is 13.8. The van der Waals surface area contributed by atoms with E-state index in [1.165, 1.54) is 12.1 Å². The second-order valence-electron chi connectivity index (χ2n) is 8.65. The van der Waals surface area contributed by atoms with Crippen LogP contribution in [0.25, 0.3) is 15.8 Å². The maximum absolute atomic E-state index is 13.0. The number of nitrogens with zero attached hydrogens (tertiary/aromatic N) is 1. The van der Waals surface area contributed by atoms with Gasteiger partial charge in [-0.25, -0.2) is 4.98 Å². The molecule has 0 radical (unpaired) electrons. The predicted octanol–water partition coefficient (Wildman–Crippen LogP) is 8.60. The minimum atomic E-state index is -4.49. The molecule has 5 rings (SSSR count). The van der Waals surface area contributed by atoms with Crippen molar-refractivity contribution in [2.24, 2.45) is 0 Å². The number of hydrogen-bond donors (Lipinski definition) is 2. The zero-order valence-electron chi connectivity index (χ0n) is 19.6. The predicted molar refractivity (Wildman–Crippen MR) is 144 cm³/mol. The third kappa shape index (κ3) is 5.65. The van der Waals surface area contributed by atoms with E-state index in [0.717, 1.165) is 57.7 Å². The minimum Gasteiger partial charge on any atom is -0.355 e. The molecule has 4 nitrogen and oxygen atoms in total. The van der Waals surface area contributed by atoms with Gasteiger partial charge in [0.05, 0.1) is 16.9 Å². The van der Waals surface area contributed by atoms with Crippen LogP contribution in [0, 0.1) is 0 Å². The zero-order chi connectivity index (χ0) is 26.0. The quantitative estimate of drug-likeness (QED) is 0.261. The summed E-state index contributed by atoms with van der Waals surface area (Å²) >= 11 is 1.54. The van der Waals surface area contributed by atoms with Gasteiger partial charge in [-0.1, -0.05) is 42.5 Å². The highest BCUT2D eigenvalue weighted by atomic mass is 32.1. The van der Waals surface area contributed by atoms with Crippen molar-refractivity contribution in [1.29, 1.82) is 0 Å². The number of hydrogen-bond acceptors (Lipinski definition) is 4. The molecule has 1 aliphatic rings. The molecule has 2 aromatic heterocycles. The first-order chi connectivity index (χ1) is 17.8. The molecule has 1 aliphatic carbocycles. The molecule has 8 heteroatoms. The van der Waals surface area contributed by atoms with Gasteiger partial charge in [0.25, 0.3) is 5.91 Å². The molecule has 2 heterocycles. The number of halogens is 3. The highest BCUT2D eigenvalue weighted by Crippen LogP contribution is 2.34. The number of anilines is 3. The van der Waals surface area contributed by atoms with Crippen molar-refractivity contribution in [3.05, 3.63) is 113 Å². The lowest BCUT2D eigenvalue weighted by atomic mass is 10.1. The molecule has 0 bridgehead atoms. The van der Waals surface area contributed by atoms with Gasteiger partial charge in [-0.2, -0.15) is 13.2 Å². The lowest BCUT2D eigenvalue weighted by Crippen LogP contribution is -2.13. The Bertz CT molecular complexity index is 1570. The molecule has 0 saturated carbocycles. The van der Waals surface area contributed by atoms with Crippen molar-refractivity contribution in [1.82, 2.24) is 4.98 Å². The minimum absolute atomic E-state index is 0.0735. The summed E-state index contributed by atoms with van der Waals surface area (Å²) in [6.07, 6.45) is 3.40. The Labute approximate surface area is 215 Å². The summed E-state index contributed by atoms with van der Waals surface area (Å²) in [5.74, 6) is -0.506. The number of nitrogens with one attached hydrogen (secondary N) is 2. The molecule has 1 amide bonds. The van der Waals surface area contributed by atoms with Crippen LogP contribution >= 0.6 is 11.3 Å². The number of aromatic nitrogens is 1. The van der Waals surface area contributed by atoms with Gasteiger partial charge in [0.2, 0.25) is 0 Å². The van der Waals surface area contributed by atoms with Gasteiger partial charge in [-0.3, -0.25) is 4.79 Å². The fraction of sp³-hybridized carbons (Fsp3) is 0.103. The molecule has 2 aromatic carbocycles. The van der Waals surface area contributed by atoms with Crippen LogP contribution < -0.4 is 10.6 Å². The number of allylic oxidation sites excluding steroid dienone is 5. The number of alkyl halides is 3. The van der Waals surface area contributed by atoms with E-state index in [1.54, 1.807) is 29.5 Å². The second kappa shape index (κ2) is 10.1. The monoisotopic (exact) mass is 517 g/mol. The number of rotatable bonds is 5. The van der Waals surface area contributed by atoms with Gasteiger partial charge in [0.1, 0.15) is 4.83 Å². The fourth-order valence-corrected chi connectivity index (χ4v) is 4.81. The van der Waals surface area contributed by atoms with E-state index < -0.39 is 17.6 Å². The van der Waals surface area contributed by atoms with Crippen molar-refractivity contribution >= 4 is 50.1 Å². The molecule has 0 saturated heterocycles. The third-order valence-electron chi connectivity index (χ3n) is 5.90. The number of amides is 1. The van der Waals surface area contributed by atoms with Gasteiger partial charge in [0.15, 0.2) is 0 Å². The van der Waals surface area contributed by atoms with Gasteiger partial charge in [0, 0.05) is 22.3 Å². The van der Waals surface area contributed by atoms with Gasteiger partial charge < -0.3 is 10.6 Å². The molecule has 0 unspecified atom stereocenters. The van der Waals surface area contributed by atoms with Crippen molar-refractivity contribution in [2.45, 2.75) is 19.0 Å². The molecule has 37 heavy (non-hydrogen) atoms. The number of pyridine rings is 1. The highest BCUT2D eigenvalue weighted by Gasteiger charge is 2.30. The standard InChI is InChI=1S/C29H22F3N3OS/c1-18-5-2-6-19(12-11-18)25-17-26(24-13-14-37-28(24)35-25)33-22-9-3-7-20(15-22)27(36)34-23-10-4-8-21(16-23)29(30,31)32/h2-4,6-10,12-17H,1,5,11H2,(H,33,35)(H,34,36). The number of carbonyl (C=O) groups excluding carboxylic acids is 1. The average molecular weight is 518 g/mol. The molecular formula is C29H22F3N3OS. The smallest absolute Gasteiger partial charge is 0.355 e. The van der Waals surface area contributed by atoms with Crippen molar-refractivity contribution in [3.63, 3.8) is 0 Å². The maximum Gasteiger partial charge on any atom is 0.416 e. The van der Waals surface area contributed by atoms with E-state index in [0.29, 0.717) is 11.3 Å². The van der Waals surface area contributed by atoms with Crippen molar-refractivity contribution in [2.75, 3.05) is 10.6 Å². The fourth-order valence-electron chi connectivity index (χ4n) is 4.02. The Morgan fingerprint density at radius 2 is 1.81 bits per heavy atom. The number of benzene rings is 2. The largest absolute Gasteiger partial charge is 0.416 e. The molecule has 0 fully saturated rings. The SMILES string of the molecule is C=C1CC=CC(c2cc(Nc3cccc(C(=O)Nc4cccc(C(F)(F)F)c4)c3)c3ccsc3n2)=CC1. The Hall–Kier alpha value is -4.17. The van der Waals surface area contributed by atoms with Crippen LogP contribution in [0.3, 0.4) is 0 Å². The molecule has 0 spiro atoms. The molecule has 4 aromatic rings. The summed E-state index contributed by atoms with van der Waals surface area (Å²) < 4.78 is 39.1. The Balaban J connectivity index is 1.41. The molecule has 2 N–H and O–H groups in total. The lowest BCUT2D eigenvalue weighted by Gasteiger charge is -2.13. The number of fused-ring (bicyclic) bond motifs is 1. The van der Waals surface area contributed by atoms with Crippen molar-refractivity contribution in [3.8, 4) is 0 Å². The first-order valence-corrected chi connectivity index (χ1v) is 12.4. The van der Waals surface area contributed by atoms with Crippen LogP contribution in [0.4, 0.5) is 30.2 Å². The van der Waals surface area contributed by atoms with Crippen LogP contribution in [0.1, 0.15) is 34.5 Å². The molecular weight excluding hydrogens is 495 g/mol. The topological polar surface area (TPSA) is 54.0 Å². The summed E-state index contributed by atoms with van der Waals surface area (Å²) in [5.41, 5.74) is 4.07. The average Bonchev–Trinajstić information content (AvgIpc) is 3.24. The van der Waals surface area contributed by atoms with Crippen LogP contribution in [0.5, 0.6) is 0 Å². The zero-order valence-corrected chi connectivity index (χ0v) is 20.4. The Morgan fingerprint density at radius 3 is 2.65 bits per heavy atom. The van der Waals surface area contributed by atoms with E-state index in [9.17, 15) is 18.0 Å². The van der Waals surface area contributed by atoms with Gasteiger partial charge in [-0.15, -0.1) is 11.3 Å². The summed E-state index contributed by atoms with van der Waals surface area (Å²) in [6, 6.07) is 15.4. The van der Waals surface area contributed by atoms with Crippen LogP contribution in [0.15, 0.2) is 96.4 Å².